The molecule has 1 heterocycles. The Hall–Kier alpha value is -0.930. The molecule has 0 amide bonds. The molecule has 2 nitrogen and oxygen atoms in total. The van der Waals surface area contributed by atoms with Crippen LogP contribution < -0.4 is 5.73 Å². The van der Waals surface area contributed by atoms with Gasteiger partial charge in [0.1, 0.15) is 5.82 Å². The van der Waals surface area contributed by atoms with Crippen LogP contribution in [-0.4, -0.2) is 30.6 Å². The normalized spacial score (nSPS) is 22.1. The molecule has 20 heavy (non-hydrogen) atoms. The zero-order valence-electron chi connectivity index (χ0n) is 12.7. The maximum Gasteiger partial charge on any atom is 0.126 e. The average molecular weight is 278 g/mol. The van der Waals surface area contributed by atoms with Gasteiger partial charge in [-0.25, -0.2) is 4.39 Å². The summed E-state index contributed by atoms with van der Waals surface area (Å²) in [5, 5.41) is 0. The molecule has 2 rings (SSSR count). The van der Waals surface area contributed by atoms with Crippen LogP contribution in [0.3, 0.4) is 0 Å². The molecule has 0 bridgehead atoms. The predicted octanol–water partition coefficient (Wildman–Crippen LogP) is 3.38. The number of likely N-dealkylation sites (tertiary alicyclic amines) is 1. The van der Waals surface area contributed by atoms with Crippen LogP contribution in [-0.2, 0) is 0 Å². The van der Waals surface area contributed by atoms with Gasteiger partial charge in [-0.05, 0) is 36.9 Å². The summed E-state index contributed by atoms with van der Waals surface area (Å²) in [6.45, 7) is 7.20. The summed E-state index contributed by atoms with van der Waals surface area (Å²) in [6.07, 6.45) is 3.60. The molecular formula is C17H27FN2. The van der Waals surface area contributed by atoms with Crippen LogP contribution in [0.15, 0.2) is 24.3 Å². The first kappa shape index (κ1) is 15.5. The van der Waals surface area contributed by atoms with Gasteiger partial charge in [0.25, 0.3) is 0 Å². The number of hydrogen-bond donors (Lipinski definition) is 1. The van der Waals surface area contributed by atoms with Crippen molar-refractivity contribution in [3.8, 4) is 0 Å². The van der Waals surface area contributed by atoms with Crippen LogP contribution in [0, 0.1) is 11.7 Å². The Morgan fingerprint density at radius 2 is 2.05 bits per heavy atom. The van der Waals surface area contributed by atoms with Crippen LogP contribution in [0.5, 0.6) is 0 Å². The monoisotopic (exact) mass is 278 g/mol. The van der Waals surface area contributed by atoms with Crippen molar-refractivity contribution in [2.75, 3.05) is 19.6 Å². The van der Waals surface area contributed by atoms with Crippen molar-refractivity contribution in [3.05, 3.63) is 35.6 Å². The standard InChI is InChI=1S/C17H27FN2/c1-13(2)12-20-10-6-5-9-17(20)15(11-19)14-7-3-4-8-16(14)18/h3-4,7-8,13,15,17H,5-6,9-12,19H2,1-2H3. The van der Waals surface area contributed by atoms with Crippen molar-refractivity contribution in [3.63, 3.8) is 0 Å². The molecule has 2 atom stereocenters. The van der Waals surface area contributed by atoms with E-state index in [1.807, 2.05) is 12.1 Å². The number of nitrogens with zero attached hydrogens (tertiary/aromatic N) is 1. The molecule has 0 aromatic heterocycles. The molecule has 3 heteroatoms. The molecule has 1 aromatic carbocycles. The highest BCUT2D eigenvalue weighted by Gasteiger charge is 2.31. The van der Waals surface area contributed by atoms with Crippen molar-refractivity contribution >= 4 is 0 Å². The van der Waals surface area contributed by atoms with Crippen LogP contribution in [0.1, 0.15) is 44.6 Å². The van der Waals surface area contributed by atoms with E-state index < -0.39 is 0 Å². The van der Waals surface area contributed by atoms with Gasteiger partial charge in [-0.1, -0.05) is 38.5 Å². The third-order valence-electron chi connectivity index (χ3n) is 4.29. The van der Waals surface area contributed by atoms with Crippen LogP contribution in [0.2, 0.25) is 0 Å². The molecular weight excluding hydrogens is 251 g/mol. The van der Waals surface area contributed by atoms with Gasteiger partial charge in [-0.2, -0.15) is 0 Å². The quantitative estimate of drug-likeness (QED) is 0.894. The number of nitrogens with two attached hydrogens (primary N) is 1. The van der Waals surface area contributed by atoms with E-state index in [0.29, 0.717) is 18.5 Å². The highest BCUT2D eigenvalue weighted by molar-refractivity contribution is 5.24. The minimum Gasteiger partial charge on any atom is -0.330 e. The summed E-state index contributed by atoms with van der Waals surface area (Å²) in [5.41, 5.74) is 6.79. The summed E-state index contributed by atoms with van der Waals surface area (Å²) in [6, 6.07) is 7.49. The van der Waals surface area contributed by atoms with Gasteiger partial charge in [0.15, 0.2) is 0 Å². The SMILES string of the molecule is CC(C)CN1CCCCC1C(CN)c1ccccc1F. The second kappa shape index (κ2) is 7.19. The molecule has 1 aliphatic rings. The fourth-order valence-corrected chi connectivity index (χ4v) is 3.44. The first-order valence-electron chi connectivity index (χ1n) is 7.82. The Morgan fingerprint density at radius 3 is 2.70 bits per heavy atom. The predicted molar refractivity (Wildman–Crippen MR) is 82.2 cm³/mol. The van der Waals surface area contributed by atoms with E-state index in [9.17, 15) is 4.39 Å². The Labute approximate surface area is 122 Å². The highest BCUT2D eigenvalue weighted by atomic mass is 19.1. The molecule has 2 N–H and O–H groups in total. The number of hydrogen-bond acceptors (Lipinski definition) is 2. The van der Waals surface area contributed by atoms with Gasteiger partial charge < -0.3 is 5.73 Å². The third-order valence-corrected chi connectivity index (χ3v) is 4.29. The summed E-state index contributed by atoms with van der Waals surface area (Å²) in [4.78, 5) is 2.53. The largest absolute Gasteiger partial charge is 0.330 e. The number of benzene rings is 1. The maximum atomic E-state index is 14.1. The second-order valence-corrected chi connectivity index (χ2v) is 6.32. The van der Waals surface area contributed by atoms with Crippen molar-refractivity contribution < 1.29 is 4.39 Å². The lowest BCUT2D eigenvalue weighted by molar-refractivity contribution is 0.111. The third kappa shape index (κ3) is 3.58. The van der Waals surface area contributed by atoms with E-state index in [1.165, 1.54) is 12.8 Å². The van der Waals surface area contributed by atoms with Crippen molar-refractivity contribution in [1.29, 1.82) is 0 Å². The van der Waals surface area contributed by atoms with Crippen LogP contribution in [0.4, 0.5) is 4.39 Å². The summed E-state index contributed by atoms with van der Waals surface area (Å²) in [7, 11) is 0. The van der Waals surface area contributed by atoms with E-state index in [0.717, 1.165) is 25.1 Å². The molecule has 1 fully saturated rings. The first-order chi connectivity index (χ1) is 9.63. The molecule has 2 unspecified atom stereocenters. The Kier molecular flexibility index (Phi) is 5.55. The van der Waals surface area contributed by atoms with Gasteiger partial charge in [0.2, 0.25) is 0 Å². The Balaban J connectivity index is 2.22. The highest BCUT2D eigenvalue weighted by Crippen LogP contribution is 2.31. The molecule has 0 radical (unpaired) electrons. The molecule has 1 saturated heterocycles. The number of piperidine rings is 1. The topological polar surface area (TPSA) is 29.3 Å². The smallest absolute Gasteiger partial charge is 0.126 e. The number of halogens is 1. The Morgan fingerprint density at radius 1 is 1.30 bits per heavy atom. The summed E-state index contributed by atoms with van der Waals surface area (Å²) in [5.74, 6) is 0.628. The van der Waals surface area contributed by atoms with E-state index in [1.54, 1.807) is 12.1 Å². The zero-order chi connectivity index (χ0) is 14.5. The fourth-order valence-electron chi connectivity index (χ4n) is 3.44. The molecule has 0 aliphatic carbocycles. The Bertz CT molecular complexity index is 419. The minimum absolute atomic E-state index is 0.107. The molecule has 112 valence electrons. The molecule has 1 aromatic rings. The lowest BCUT2D eigenvalue weighted by atomic mass is 9.84. The summed E-state index contributed by atoms with van der Waals surface area (Å²) < 4.78 is 14.1. The summed E-state index contributed by atoms with van der Waals surface area (Å²) >= 11 is 0. The van der Waals surface area contributed by atoms with Gasteiger partial charge in [-0.15, -0.1) is 0 Å². The lowest BCUT2D eigenvalue weighted by Gasteiger charge is -2.41. The van der Waals surface area contributed by atoms with E-state index in [-0.39, 0.29) is 11.7 Å². The number of rotatable bonds is 5. The molecule has 0 saturated carbocycles. The second-order valence-electron chi connectivity index (χ2n) is 6.32. The van der Waals surface area contributed by atoms with Crippen molar-refractivity contribution in [2.24, 2.45) is 11.7 Å². The molecule has 0 spiro atoms. The van der Waals surface area contributed by atoms with Crippen LogP contribution >= 0.6 is 0 Å². The minimum atomic E-state index is -0.113. The van der Waals surface area contributed by atoms with Crippen molar-refractivity contribution in [1.82, 2.24) is 4.90 Å². The van der Waals surface area contributed by atoms with Crippen LogP contribution in [0.25, 0.3) is 0 Å². The van der Waals surface area contributed by atoms with Gasteiger partial charge >= 0.3 is 0 Å². The first-order valence-corrected chi connectivity index (χ1v) is 7.82. The van der Waals surface area contributed by atoms with E-state index >= 15 is 0 Å². The van der Waals surface area contributed by atoms with E-state index in [4.69, 9.17) is 5.73 Å². The fraction of sp³-hybridized carbons (Fsp3) is 0.647. The lowest BCUT2D eigenvalue weighted by Crippen LogP contribution is -2.46. The zero-order valence-corrected chi connectivity index (χ0v) is 12.7. The van der Waals surface area contributed by atoms with Gasteiger partial charge in [-0.3, -0.25) is 4.90 Å². The van der Waals surface area contributed by atoms with Crippen molar-refractivity contribution in [2.45, 2.75) is 45.1 Å². The maximum absolute atomic E-state index is 14.1. The van der Waals surface area contributed by atoms with Gasteiger partial charge in [0.05, 0.1) is 0 Å². The van der Waals surface area contributed by atoms with E-state index in [2.05, 4.69) is 18.7 Å². The van der Waals surface area contributed by atoms with Gasteiger partial charge in [0, 0.05) is 25.0 Å². The molecule has 1 aliphatic heterocycles. The average Bonchev–Trinajstić information content (AvgIpc) is 2.43.